The summed E-state index contributed by atoms with van der Waals surface area (Å²) in [7, 11) is 1.61. The van der Waals surface area contributed by atoms with Crippen molar-refractivity contribution in [1.29, 1.82) is 0 Å². The zero-order valence-electron chi connectivity index (χ0n) is 15.1. The van der Waals surface area contributed by atoms with E-state index in [0.29, 0.717) is 28.6 Å². The number of para-hydroxylation sites is 1. The monoisotopic (exact) mass is 392 g/mol. The number of aryl methyl sites for hydroxylation is 3. The van der Waals surface area contributed by atoms with Crippen LogP contribution in [0.1, 0.15) is 23.1 Å². The Morgan fingerprint density at radius 2 is 1.73 bits per heavy atom. The van der Waals surface area contributed by atoms with E-state index in [2.05, 4.69) is 11.4 Å². The average Bonchev–Trinajstić information content (AvgIpc) is 2.57. The molecule has 0 atom stereocenters. The summed E-state index contributed by atoms with van der Waals surface area (Å²) in [5.41, 5.74) is 3.87. The number of nitrogens with zero attached hydrogens (tertiary/aromatic N) is 1. The number of halogens is 2. The minimum absolute atomic E-state index is 0.0622. The number of anilines is 1. The second-order valence-electron chi connectivity index (χ2n) is 6.32. The van der Waals surface area contributed by atoms with Crippen molar-refractivity contribution >= 4 is 40.7 Å². The highest BCUT2D eigenvalue weighted by Crippen LogP contribution is 2.29. The first-order chi connectivity index (χ1) is 12.3. The lowest BCUT2D eigenvalue weighted by atomic mass is 10.0. The van der Waals surface area contributed by atoms with E-state index in [9.17, 15) is 9.59 Å². The summed E-state index contributed by atoms with van der Waals surface area (Å²) in [5, 5.41) is 3.37. The van der Waals surface area contributed by atoms with Crippen molar-refractivity contribution in [3.63, 3.8) is 0 Å². The summed E-state index contributed by atoms with van der Waals surface area (Å²) in [6.45, 7) is 4.02. The van der Waals surface area contributed by atoms with E-state index < -0.39 is 0 Å². The maximum atomic E-state index is 12.3. The van der Waals surface area contributed by atoms with Gasteiger partial charge in [0.25, 0.3) is 0 Å². The predicted octanol–water partition coefficient (Wildman–Crippen LogP) is 4.64. The molecule has 0 spiro atoms. The van der Waals surface area contributed by atoms with E-state index in [1.165, 1.54) is 16.0 Å². The SMILES string of the molecule is Cc1ccc(CCC(=O)N(C)CC(=O)Nc2c(Cl)cccc2Cl)c(C)c1. The van der Waals surface area contributed by atoms with Crippen LogP contribution in [0.5, 0.6) is 0 Å². The molecular weight excluding hydrogens is 371 g/mol. The maximum absolute atomic E-state index is 12.3. The highest BCUT2D eigenvalue weighted by molar-refractivity contribution is 6.39. The molecule has 0 aromatic heterocycles. The van der Waals surface area contributed by atoms with Crippen molar-refractivity contribution < 1.29 is 9.59 Å². The molecule has 0 saturated carbocycles. The Labute approximate surface area is 164 Å². The average molecular weight is 393 g/mol. The van der Waals surface area contributed by atoms with Crippen molar-refractivity contribution in [3.8, 4) is 0 Å². The molecule has 2 amide bonds. The predicted molar refractivity (Wildman–Crippen MR) is 107 cm³/mol. The third-order valence-electron chi connectivity index (χ3n) is 4.14. The minimum Gasteiger partial charge on any atom is -0.336 e. The van der Waals surface area contributed by atoms with Crippen LogP contribution in [0.4, 0.5) is 5.69 Å². The third kappa shape index (κ3) is 5.48. The standard InChI is InChI=1S/C20H22Cl2N2O2/c1-13-7-8-15(14(2)11-13)9-10-19(26)24(3)12-18(25)23-20-16(21)5-4-6-17(20)22/h4-8,11H,9-10,12H2,1-3H3,(H,23,25). The maximum Gasteiger partial charge on any atom is 0.244 e. The van der Waals surface area contributed by atoms with Crippen molar-refractivity contribution in [2.24, 2.45) is 0 Å². The Balaban J connectivity index is 1.89. The zero-order valence-corrected chi connectivity index (χ0v) is 16.6. The Morgan fingerprint density at radius 1 is 1.08 bits per heavy atom. The van der Waals surface area contributed by atoms with Crippen LogP contribution in [0.25, 0.3) is 0 Å². The molecular formula is C20H22Cl2N2O2. The van der Waals surface area contributed by atoms with E-state index >= 15 is 0 Å². The summed E-state index contributed by atoms with van der Waals surface area (Å²) in [6.07, 6.45) is 0.994. The van der Waals surface area contributed by atoms with Gasteiger partial charge in [0.1, 0.15) is 0 Å². The van der Waals surface area contributed by atoms with Gasteiger partial charge in [-0.25, -0.2) is 0 Å². The number of carbonyl (C=O) groups is 2. The fraction of sp³-hybridized carbons (Fsp3) is 0.300. The van der Waals surface area contributed by atoms with Gasteiger partial charge in [-0.05, 0) is 43.5 Å². The van der Waals surface area contributed by atoms with Gasteiger partial charge in [0.15, 0.2) is 0 Å². The van der Waals surface area contributed by atoms with E-state index in [-0.39, 0.29) is 18.4 Å². The van der Waals surface area contributed by atoms with Gasteiger partial charge in [-0.1, -0.05) is 53.0 Å². The lowest BCUT2D eigenvalue weighted by Gasteiger charge is -2.18. The number of nitrogens with one attached hydrogen (secondary N) is 1. The van der Waals surface area contributed by atoms with E-state index in [1.807, 2.05) is 26.0 Å². The number of hydrogen-bond acceptors (Lipinski definition) is 2. The van der Waals surface area contributed by atoms with Crippen LogP contribution in [0, 0.1) is 13.8 Å². The van der Waals surface area contributed by atoms with Crippen LogP contribution in [0.2, 0.25) is 10.0 Å². The molecule has 26 heavy (non-hydrogen) atoms. The largest absolute Gasteiger partial charge is 0.336 e. The summed E-state index contributed by atoms with van der Waals surface area (Å²) < 4.78 is 0. The minimum atomic E-state index is -0.345. The topological polar surface area (TPSA) is 49.4 Å². The number of hydrogen-bond donors (Lipinski definition) is 1. The molecule has 138 valence electrons. The Kier molecular flexibility index (Phi) is 7.06. The molecule has 0 radical (unpaired) electrons. The summed E-state index contributed by atoms with van der Waals surface area (Å²) in [6, 6.07) is 11.2. The third-order valence-corrected chi connectivity index (χ3v) is 4.77. The van der Waals surface area contributed by atoms with Gasteiger partial charge in [-0.2, -0.15) is 0 Å². The molecule has 0 bridgehead atoms. The van der Waals surface area contributed by atoms with Crippen LogP contribution in [0.3, 0.4) is 0 Å². The zero-order chi connectivity index (χ0) is 19.3. The molecule has 2 aromatic rings. The van der Waals surface area contributed by atoms with Crippen LogP contribution in [0.15, 0.2) is 36.4 Å². The van der Waals surface area contributed by atoms with Crippen molar-refractivity contribution in [2.45, 2.75) is 26.7 Å². The highest BCUT2D eigenvalue weighted by atomic mass is 35.5. The number of carbonyl (C=O) groups excluding carboxylic acids is 2. The highest BCUT2D eigenvalue weighted by Gasteiger charge is 2.15. The molecule has 0 aliphatic carbocycles. The van der Waals surface area contributed by atoms with Gasteiger partial charge >= 0.3 is 0 Å². The number of amides is 2. The fourth-order valence-corrected chi connectivity index (χ4v) is 3.15. The number of benzene rings is 2. The van der Waals surface area contributed by atoms with E-state index in [4.69, 9.17) is 23.2 Å². The van der Waals surface area contributed by atoms with Gasteiger partial charge in [0.2, 0.25) is 11.8 Å². The van der Waals surface area contributed by atoms with Crippen molar-refractivity contribution in [3.05, 3.63) is 63.1 Å². The first kappa shape index (κ1) is 20.3. The Bertz CT molecular complexity index is 801. The molecule has 2 rings (SSSR count). The number of likely N-dealkylation sites (N-methyl/N-ethyl adjacent to an activating group) is 1. The second kappa shape index (κ2) is 9.06. The van der Waals surface area contributed by atoms with Gasteiger partial charge in [-0.15, -0.1) is 0 Å². The van der Waals surface area contributed by atoms with Crippen molar-refractivity contribution in [2.75, 3.05) is 18.9 Å². The van der Waals surface area contributed by atoms with Gasteiger partial charge in [0, 0.05) is 13.5 Å². The molecule has 0 fully saturated rings. The Hall–Kier alpha value is -2.04. The first-order valence-electron chi connectivity index (χ1n) is 8.32. The summed E-state index contributed by atoms with van der Waals surface area (Å²) in [5.74, 6) is -0.437. The Morgan fingerprint density at radius 3 is 2.35 bits per heavy atom. The molecule has 6 heteroatoms. The normalized spacial score (nSPS) is 10.5. The molecule has 0 heterocycles. The first-order valence-corrected chi connectivity index (χ1v) is 9.07. The van der Waals surface area contributed by atoms with Crippen LogP contribution >= 0.6 is 23.2 Å². The fourth-order valence-electron chi connectivity index (χ4n) is 2.66. The van der Waals surface area contributed by atoms with Crippen LogP contribution in [-0.4, -0.2) is 30.3 Å². The lowest BCUT2D eigenvalue weighted by molar-refractivity contribution is -0.133. The molecule has 2 aromatic carbocycles. The van der Waals surface area contributed by atoms with Crippen molar-refractivity contribution in [1.82, 2.24) is 4.90 Å². The number of rotatable bonds is 6. The van der Waals surface area contributed by atoms with Crippen LogP contribution in [-0.2, 0) is 16.0 Å². The molecule has 0 saturated heterocycles. The van der Waals surface area contributed by atoms with Gasteiger partial charge in [-0.3, -0.25) is 9.59 Å². The molecule has 0 unspecified atom stereocenters. The summed E-state index contributed by atoms with van der Waals surface area (Å²) >= 11 is 12.1. The molecule has 0 aliphatic heterocycles. The van der Waals surface area contributed by atoms with Crippen LogP contribution < -0.4 is 5.32 Å². The molecule has 0 aliphatic rings. The summed E-state index contributed by atoms with van der Waals surface area (Å²) in [4.78, 5) is 25.9. The second-order valence-corrected chi connectivity index (χ2v) is 7.14. The van der Waals surface area contributed by atoms with Gasteiger partial charge in [0.05, 0.1) is 22.3 Å². The smallest absolute Gasteiger partial charge is 0.244 e. The van der Waals surface area contributed by atoms with E-state index in [0.717, 1.165) is 5.56 Å². The van der Waals surface area contributed by atoms with Gasteiger partial charge < -0.3 is 10.2 Å². The quantitative estimate of drug-likeness (QED) is 0.777. The van der Waals surface area contributed by atoms with E-state index in [1.54, 1.807) is 25.2 Å². The molecule has 4 nitrogen and oxygen atoms in total. The lowest BCUT2D eigenvalue weighted by Crippen LogP contribution is -2.35. The molecule has 1 N–H and O–H groups in total.